The van der Waals surface area contributed by atoms with Crippen molar-refractivity contribution in [1.82, 2.24) is 4.72 Å². The van der Waals surface area contributed by atoms with Crippen LogP contribution in [0.3, 0.4) is 0 Å². The van der Waals surface area contributed by atoms with E-state index in [9.17, 15) is 8.42 Å². The van der Waals surface area contributed by atoms with Crippen molar-refractivity contribution < 1.29 is 8.42 Å². The van der Waals surface area contributed by atoms with Crippen LogP contribution in [0, 0.1) is 5.92 Å². The molecule has 0 saturated carbocycles. The summed E-state index contributed by atoms with van der Waals surface area (Å²) < 4.78 is 24.6. The fourth-order valence-corrected chi connectivity index (χ4v) is 2.54. The molecule has 100 valence electrons. The normalized spacial score (nSPS) is 16.7. The molecule has 0 aromatic carbocycles. The van der Waals surface area contributed by atoms with Crippen molar-refractivity contribution in [3.63, 3.8) is 0 Å². The van der Waals surface area contributed by atoms with Gasteiger partial charge in [0.2, 0.25) is 10.0 Å². The van der Waals surface area contributed by atoms with Crippen molar-refractivity contribution in [2.75, 3.05) is 6.26 Å². The second-order valence-electron chi connectivity index (χ2n) is 4.63. The molecule has 0 heterocycles. The number of sulfonamides is 1. The standard InChI is InChI=1S/C13H25NO2S/c1-5-6-7-8-9-10-12(2)11-13(3)14-17(4,15)16/h6-9,12-14H,5,10-11H2,1-4H3/b7-6-,9-8-. The lowest BCUT2D eigenvalue weighted by atomic mass is 10.00. The zero-order chi connectivity index (χ0) is 13.3. The van der Waals surface area contributed by atoms with Crippen LogP contribution in [0.1, 0.15) is 40.0 Å². The van der Waals surface area contributed by atoms with Gasteiger partial charge in [-0.1, -0.05) is 38.2 Å². The number of allylic oxidation sites excluding steroid dienone is 4. The molecule has 0 fully saturated rings. The molecule has 17 heavy (non-hydrogen) atoms. The summed E-state index contributed by atoms with van der Waals surface area (Å²) in [5, 5.41) is 0. The predicted molar refractivity (Wildman–Crippen MR) is 74.4 cm³/mol. The average Bonchev–Trinajstić information content (AvgIpc) is 2.14. The Morgan fingerprint density at radius 1 is 1.18 bits per heavy atom. The van der Waals surface area contributed by atoms with Crippen LogP contribution >= 0.6 is 0 Å². The minimum absolute atomic E-state index is 0.000385. The maximum atomic E-state index is 11.0. The fraction of sp³-hybridized carbons (Fsp3) is 0.692. The molecule has 0 aliphatic heterocycles. The van der Waals surface area contributed by atoms with Crippen LogP contribution in [0.5, 0.6) is 0 Å². The van der Waals surface area contributed by atoms with Crippen LogP contribution in [0.4, 0.5) is 0 Å². The first-order valence-corrected chi connectivity index (χ1v) is 8.03. The minimum Gasteiger partial charge on any atom is -0.213 e. The smallest absolute Gasteiger partial charge is 0.208 e. The summed E-state index contributed by atoms with van der Waals surface area (Å²) in [6.07, 6.45) is 12.4. The van der Waals surface area contributed by atoms with E-state index in [1.807, 2.05) is 13.0 Å². The lowest BCUT2D eigenvalue weighted by Crippen LogP contribution is -2.32. The molecule has 0 spiro atoms. The molecule has 0 bridgehead atoms. The van der Waals surface area contributed by atoms with Crippen molar-refractivity contribution in [1.29, 1.82) is 0 Å². The topological polar surface area (TPSA) is 46.2 Å². The zero-order valence-corrected chi connectivity index (χ0v) is 12.1. The zero-order valence-electron chi connectivity index (χ0n) is 11.3. The molecule has 0 saturated heterocycles. The number of hydrogen-bond donors (Lipinski definition) is 1. The third-order valence-electron chi connectivity index (χ3n) is 2.33. The Bertz CT molecular complexity index is 344. The first-order valence-electron chi connectivity index (χ1n) is 6.14. The Kier molecular flexibility index (Phi) is 8.17. The van der Waals surface area contributed by atoms with Gasteiger partial charge in [0.15, 0.2) is 0 Å². The van der Waals surface area contributed by atoms with Crippen molar-refractivity contribution in [3.05, 3.63) is 24.3 Å². The van der Waals surface area contributed by atoms with E-state index in [1.165, 1.54) is 6.26 Å². The first kappa shape index (κ1) is 16.4. The molecule has 0 rings (SSSR count). The number of hydrogen-bond acceptors (Lipinski definition) is 2. The lowest BCUT2D eigenvalue weighted by molar-refractivity contribution is 0.460. The maximum absolute atomic E-state index is 11.0. The minimum atomic E-state index is -3.08. The highest BCUT2D eigenvalue weighted by Gasteiger charge is 2.11. The summed E-state index contributed by atoms with van der Waals surface area (Å²) in [7, 11) is -3.08. The van der Waals surface area contributed by atoms with Crippen LogP contribution in [0.2, 0.25) is 0 Å². The van der Waals surface area contributed by atoms with Crippen LogP contribution in [-0.2, 0) is 10.0 Å². The molecule has 0 radical (unpaired) electrons. The van der Waals surface area contributed by atoms with Crippen molar-refractivity contribution in [2.24, 2.45) is 5.92 Å². The van der Waals surface area contributed by atoms with E-state index in [-0.39, 0.29) is 6.04 Å². The van der Waals surface area contributed by atoms with Crippen molar-refractivity contribution >= 4 is 10.0 Å². The van der Waals surface area contributed by atoms with Gasteiger partial charge in [-0.05, 0) is 32.1 Å². The van der Waals surface area contributed by atoms with Gasteiger partial charge in [0.1, 0.15) is 0 Å². The monoisotopic (exact) mass is 259 g/mol. The molecule has 0 aliphatic rings. The summed E-state index contributed by atoms with van der Waals surface area (Å²) >= 11 is 0. The van der Waals surface area contributed by atoms with Gasteiger partial charge in [0.25, 0.3) is 0 Å². The Labute approximate surface area is 106 Å². The highest BCUT2D eigenvalue weighted by molar-refractivity contribution is 7.88. The molecular formula is C13H25NO2S. The summed E-state index contributed by atoms with van der Waals surface area (Å²) in [5.41, 5.74) is 0. The average molecular weight is 259 g/mol. The Hall–Kier alpha value is -0.610. The molecule has 1 N–H and O–H groups in total. The summed E-state index contributed by atoms with van der Waals surface area (Å²) in [4.78, 5) is 0. The van der Waals surface area contributed by atoms with E-state index >= 15 is 0 Å². The van der Waals surface area contributed by atoms with Gasteiger partial charge in [0, 0.05) is 6.04 Å². The van der Waals surface area contributed by atoms with Gasteiger partial charge >= 0.3 is 0 Å². The van der Waals surface area contributed by atoms with Crippen LogP contribution < -0.4 is 4.72 Å². The van der Waals surface area contributed by atoms with Crippen LogP contribution in [-0.4, -0.2) is 20.7 Å². The summed E-state index contributed by atoms with van der Waals surface area (Å²) in [5.74, 6) is 0.477. The fourth-order valence-electron chi connectivity index (χ4n) is 1.72. The Morgan fingerprint density at radius 2 is 1.76 bits per heavy atom. The summed E-state index contributed by atoms with van der Waals surface area (Å²) in [6, 6.07) is -0.000385. The van der Waals surface area contributed by atoms with Crippen LogP contribution in [0.25, 0.3) is 0 Å². The highest BCUT2D eigenvalue weighted by atomic mass is 32.2. The van der Waals surface area contributed by atoms with E-state index in [1.54, 1.807) is 0 Å². The molecule has 2 unspecified atom stereocenters. The lowest BCUT2D eigenvalue weighted by Gasteiger charge is -2.16. The SMILES string of the molecule is CC/C=C\C=C/CC(C)CC(C)NS(C)(=O)=O. The third kappa shape index (κ3) is 11.6. The molecule has 0 amide bonds. The van der Waals surface area contributed by atoms with Gasteiger partial charge in [0.05, 0.1) is 6.26 Å². The van der Waals surface area contributed by atoms with Gasteiger partial charge in [-0.3, -0.25) is 0 Å². The Morgan fingerprint density at radius 3 is 2.29 bits per heavy atom. The third-order valence-corrected chi connectivity index (χ3v) is 3.16. The molecule has 0 aromatic heterocycles. The van der Waals surface area contributed by atoms with E-state index in [0.717, 1.165) is 19.3 Å². The van der Waals surface area contributed by atoms with Crippen LogP contribution in [0.15, 0.2) is 24.3 Å². The number of rotatable bonds is 8. The maximum Gasteiger partial charge on any atom is 0.208 e. The summed E-state index contributed by atoms with van der Waals surface area (Å²) in [6.45, 7) is 6.14. The second kappa shape index (κ2) is 8.48. The van der Waals surface area contributed by atoms with E-state index < -0.39 is 10.0 Å². The molecule has 4 heteroatoms. The Balaban J connectivity index is 3.89. The molecular weight excluding hydrogens is 234 g/mol. The number of nitrogens with one attached hydrogen (secondary N) is 1. The van der Waals surface area contributed by atoms with Crippen molar-refractivity contribution in [2.45, 2.75) is 46.1 Å². The quantitative estimate of drug-likeness (QED) is 0.681. The molecule has 0 aromatic rings. The van der Waals surface area contributed by atoms with Gasteiger partial charge in [-0.2, -0.15) is 0 Å². The van der Waals surface area contributed by atoms with Gasteiger partial charge < -0.3 is 0 Å². The molecule has 2 atom stereocenters. The van der Waals surface area contributed by atoms with Gasteiger partial charge in [-0.15, -0.1) is 0 Å². The van der Waals surface area contributed by atoms with Crippen molar-refractivity contribution in [3.8, 4) is 0 Å². The highest BCUT2D eigenvalue weighted by Crippen LogP contribution is 2.11. The largest absolute Gasteiger partial charge is 0.213 e. The van der Waals surface area contributed by atoms with E-state index in [2.05, 4.69) is 36.8 Å². The van der Waals surface area contributed by atoms with E-state index in [0.29, 0.717) is 5.92 Å². The van der Waals surface area contributed by atoms with E-state index in [4.69, 9.17) is 0 Å². The predicted octanol–water partition coefficient (Wildman–Crippen LogP) is 2.86. The van der Waals surface area contributed by atoms with Gasteiger partial charge in [-0.25, -0.2) is 13.1 Å². The molecule has 3 nitrogen and oxygen atoms in total. The second-order valence-corrected chi connectivity index (χ2v) is 6.41. The first-order chi connectivity index (χ1) is 7.85. The molecule has 0 aliphatic carbocycles.